The van der Waals surface area contributed by atoms with E-state index in [2.05, 4.69) is 34.4 Å². The molecule has 2 heterocycles. The lowest BCUT2D eigenvalue weighted by atomic mass is 10.0. The summed E-state index contributed by atoms with van der Waals surface area (Å²) in [4.78, 5) is 19.2. The fraction of sp³-hybridized carbons (Fsp3) is 0.500. The summed E-state index contributed by atoms with van der Waals surface area (Å²) in [5.74, 6) is 0.580. The molecular weight excluding hydrogens is 328 g/mol. The van der Waals surface area contributed by atoms with E-state index in [1.807, 2.05) is 30.3 Å². The molecule has 0 bridgehead atoms. The molecule has 6 nitrogen and oxygen atoms in total. The summed E-state index contributed by atoms with van der Waals surface area (Å²) in [7, 11) is 0. The van der Waals surface area contributed by atoms with Crippen LogP contribution in [0.25, 0.3) is 10.9 Å². The zero-order valence-electron chi connectivity index (χ0n) is 15.6. The maximum Gasteiger partial charge on any atom is 0.319 e. The van der Waals surface area contributed by atoms with Crippen LogP contribution in [0, 0.1) is 5.92 Å². The van der Waals surface area contributed by atoms with E-state index in [4.69, 9.17) is 4.74 Å². The zero-order valence-corrected chi connectivity index (χ0v) is 15.6. The van der Waals surface area contributed by atoms with Gasteiger partial charge in [0.2, 0.25) is 0 Å². The van der Waals surface area contributed by atoms with Crippen LogP contribution in [0.2, 0.25) is 0 Å². The first-order valence-electron chi connectivity index (χ1n) is 9.34. The predicted octanol–water partition coefficient (Wildman–Crippen LogP) is 3.10. The molecule has 1 atom stereocenters. The van der Waals surface area contributed by atoms with E-state index >= 15 is 0 Å². The van der Waals surface area contributed by atoms with Gasteiger partial charge in [0.25, 0.3) is 0 Å². The van der Waals surface area contributed by atoms with Gasteiger partial charge in [0.05, 0.1) is 24.4 Å². The van der Waals surface area contributed by atoms with E-state index in [1.54, 1.807) is 6.20 Å². The fourth-order valence-electron chi connectivity index (χ4n) is 3.44. The Kier molecular flexibility index (Phi) is 6.41. The molecule has 6 heteroatoms. The SMILES string of the molecule is CC(C)CC(CNC(=O)Nc1cccc2ncccc12)N1CCOCC1. The summed E-state index contributed by atoms with van der Waals surface area (Å²) in [5.41, 5.74) is 1.65. The highest BCUT2D eigenvalue weighted by Gasteiger charge is 2.22. The summed E-state index contributed by atoms with van der Waals surface area (Å²) in [5, 5.41) is 6.95. The van der Waals surface area contributed by atoms with Gasteiger partial charge in [-0.1, -0.05) is 19.9 Å². The van der Waals surface area contributed by atoms with Gasteiger partial charge in [-0.2, -0.15) is 0 Å². The van der Waals surface area contributed by atoms with Gasteiger partial charge in [0.1, 0.15) is 0 Å². The Hall–Kier alpha value is -2.18. The lowest BCUT2D eigenvalue weighted by molar-refractivity contribution is 0.0130. The summed E-state index contributed by atoms with van der Waals surface area (Å²) in [6, 6.07) is 9.74. The molecule has 26 heavy (non-hydrogen) atoms. The Morgan fingerprint density at radius 2 is 2.04 bits per heavy atom. The molecule has 1 fully saturated rings. The number of hydrogen-bond donors (Lipinski definition) is 2. The summed E-state index contributed by atoms with van der Waals surface area (Å²) < 4.78 is 5.45. The number of benzene rings is 1. The van der Waals surface area contributed by atoms with Crippen LogP contribution in [-0.4, -0.2) is 54.8 Å². The van der Waals surface area contributed by atoms with Crippen LogP contribution in [-0.2, 0) is 4.74 Å². The molecule has 0 radical (unpaired) electrons. The van der Waals surface area contributed by atoms with Crippen molar-refractivity contribution in [3.05, 3.63) is 36.5 Å². The predicted molar refractivity (Wildman–Crippen MR) is 104 cm³/mol. The third-order valence-electron chi connectivity index (χ3n) is 4.70. The van der Waals surface area contributed by atoms with Gasteiger partial charge in [0.15, 0.2) is 0 Å². The number of fused-ring (bicyclic) bond motifs is 1. The van der Waals surface area contributed by atoms with Crippen molar-refractivity contribution in [3.8, 4) is 0 Å². The number of morpholine rings is 1. The van der Waals surface area contributed by atoms with Crippen LogP contribution in [0.1, 0.15) is 20.3 Å². The number of amides is 2. The molecule has 2 aromatic rings. The minimum absolute atomic E-state index is 0.177. The molecule has 0 spiro atoms. The third-order valence-corrected chi connectivity index (χ3v) is 4.70. The molecule has 2 amide bonds. The first-order chi connectivity index (χ1) is 12.6. The molecule has 3 rings (SSSR count). The second-order valence-corrected chi connectivity index (χ2v) is 7.14. The van der Waals surface area contributed by atoms with E-state index in [1.165, 1.54) is 0 Å². The van der Waals surface area contributed by atoms with Crippen molar-refractivity contribution in [2.45, 2.75) is 26.3 Å². The molecule has 1 aromatic heterocycles. The maximum absolute atomic E-state index is 12.4. The Morgan fingerprint density at radius 3 is 2.81 bits per heavy atom. The molecule has 1 aliphatic heterocycles. The number of aromatic nitrogens is 1. The summed E-state index contributed by atoms with van der Waals surface area (Å²) >= 11 is 0. The third kappa shape index (κ3) is 4.93. The number of carbonyl (C=O) groups excluding carboxylic acids is 1. The van der Waals surface area contributed by atoms with E-state index in [0.717, 1.165) is 49.3 Å². The Morgan fingerprint density at radius 1 is 1.23 bits per heavy atom. The van der Waals surface area contributed by atoms with Crippen molar-refractivity contribution in [3.63, 3.8) is 0 Å². The second-order valence-electron chi connectivity index (χ2n) is 7.14. The molecule has 1 aromatic carbocycles. The highest BCUT2D eigenvalue weighted by molar-refractivity contribution is 6.00. The quantitative estimate of drug-likeness (QED) is 0.835. The van der Waals surface area contributed by atoms with E-state index in [9.17, 15) is 4.79 Å². The van der Waals surface area contributed by atoms with Gasteiger partial charge in [-0.15, -0.1) is 0 Å². The van der Waals surface area contributed by atoms with Crippen LogP contribution in [0.5, 0.6) is 0 Å². The smallest absolute Gasteiger partial charge is 0.319 e. The van der Waals surface area contributed by atoms with Gasteiger partial charge in [-0.3, -0.25) is 9.88 Å². The number of ether oxygens (including phenoxy) is 1. The largest absolute Gasteiger partial charge is 0.379 e. The number of carbonyl (C=O) groups is 1. The van der Waals surface area contributed by atoms with E-state index in [0.29, 0.717) is 18.5 Å². The van der Waals surface area contributed by atoms with Gasteiger partial charge >= 0.3 is 6.03 Å². The maximum atomic E-state index is 12.4. The minimum Gasteiger partial charge on any atom is -0.379 e. The number of urea groups is 1. The summed E-state index contributed by atoms with van der Waals surface area (Å²) in [6.45, 7) is 8.46. The lowest BCUT2D eigenvalue weighted by Gasteiger charge is -2.35. The molecule has 140 valence electrons. The average molecular weight is 356 g/mol. The number of nitrogens with one attached hydrogen (secondary N) is 2. The fourth-order valence-corrected chi connectivity index (χ4v) is 3.44. The molecule has 1 aliphatic rings. The van der Waals surface area contributed by atoms with Crippen LogP contribution in [0.15, 0.2) is 36.5 Å². The van der Waals surface area contributed by atoms with Crippen LogP contribution >= 0.6 is 0 Å². The van der Waals surface area contributed by atoms with Gasteiger partial charge in [-0.25, -0.2) is 4.79 Å². The van der Waals surface area contributed by atoms with Crippen molar-refractivity contribution >= 4 is 22.6 Å². The average Bonchev–Trinajstić information content (AvgIpc) is 2.66. The Bertz CT molecular complexity index is 723. The van der Waals surface area contributed by atoms with Gasteiger partial charge in [-0.05, 0) is 36.6 Å². The van der Waals surface area contributed by atoms with Crippen LogP contribution in [0.4, 0.5) is 10.5 Å². The molecule has 0 saturated carbocycles. The van der Waals surface area contributed by atoms with Crippen molar-refractivity contribution in [2.75, 3.05) is 38.2 Å². The number of pyridine rings is 1. The second kappa shape index (κ2) is 8.96. The van der Waals surface area contributed by atoms with Crippen molar-refractivity contribution < 1.29 is 9.53 Å². The molecular formula is C20H28N4O2. The number of hydrogen-bond acceptors (Lipinski definition) is 4. The normalized spacial score (nSPS) is 16.6. The first-order valence-corrected chi connectivity index (χ1v) is 9.34. The van der Waals surface area contributed by atoms with Crippen LogP contribution in [0.3, 0.4) is 0 Å². The van der Waals surface area contributed by atoms with Gasteiger partial charge in [0, 0.05) is 37.3 Å². The standard InChI is InChI=1S/C20H28N4O2/c1-15(2)13-16(24-9-11-26-12-10-24)14-22-20(25)23-19-7-3-6-18-17(19)5-4-8-21-18/h3-8,15-16H,9-14H2,1-2H3,(H2,22,23,25). The zero-order chi connectivity index (χ0) is 18.4. The number of anilines is 1. The Labute approximate surface area is 154 Å². The molecule has 2 N–H and O–H groups in total. The van der Waals surface area contributed by atoms with E-state index < -0.39 is 0 Å². The number of rotatable bonds is 6. The highest BCUT2D eigenvalue weighted by Crippen LogP contribution is 2.21. The summed E-state index contributed by atoms with van der Waals surface area (Å²) in [6.07, 6.45) is 2.81. The van der Waals surface area contributed by atoms with Crippen LogP contribution < -0.4 is 10.6 Å². The highest BCUT2D eigenvalue weighted by atomic mass is 16.5. The Balaban J connectivity index is 1.60. The van der Waals surface area contributed by atoms with Crippen molar-refractivity contribution in [1.82, 2.24) is 15.2 Å². The topological polar surface area (TPSA) is 66.5 Å². The lowest BCUT2D eigenvalue weighted by Crippen LogP contribution is -2.49. The monoisotopic (exact) mass is 356 g/mol. The molecule has 1 saturated heterocycles. The molecule has 0 aliphatic carbocycles. The molecule has 1 unspecified atom stereocenters. The van der Waals surface area contributed by atoms with Gasteiger partial charge < -0.3 is 15.4 Å². The van der Waals surface area contributed by atoms with Crippen molar-refractivity contribution in [2.24, 2.45) is 5.92 Å². The first kappa shape index (κ1) is 18.6. The van der Waals surface area contributed by atoms with E-state index in [-0.39, 0.29) is 6.03 Å². The number of nitrogens with zero attached hydrogens (tertiary/aromatic N) is 2. The van der Waals surface area contributed by atoms with Crippen molar-refractivity contribution in [1.29, 1.82) is 0 Å². The minimum atomic E-state index is -0.177.